The maximum atomic E-state index is 12.2. The average Bonchev–Trinajstić information content (AvgIpc) is 3.28. The van der Waals surface area contributed by atoms with Gasteiger partial charge in [0.05, 0.1) is 6.42 Å². The highest BCUT2D eigenvalue weighted by Gasteiger charge is 2.17. The van der Waals surface area contributed by atoms with Crippen LogP contribution in [0.4, 0.5) is 0 Å². The second-order valence-corrected chi connectivity index (χ2v) is 6.11. The number of aromatic nitrogens is 2. The summed E-state index contributed by atoms with van der Waals surface area (Å²) in [5.41, 5.74) is 1.80. The molecular weight excluding hydrogens is 358 g/mol. The highest BCUT2D eigenvalue weighted by atomic mass is 35.5. The van der Waals surface area contributed by atoms with Gasteiger partial charge in [0.25, 0.3) is 0 Å². The smallest absolute Gasteiger partial charge is 0.309 e. The van der Waals surface area contributed by atoms with Gasteiger partial charge >= 0.3 is 11.8 Å². The molecule has 1 N–H and O–H groups in total. The molecule has 1 aliphatic heterocycles. The molecule has 0 bridgehead atoms. The highest BCUT2D eigenvalue weighted by Crippen LogP contribution is 2.32. The lowest BCUT2D eigenvalue weighted by atomic mass is 10.1. The molecule has 7 nitrogen and oxygen atoms in total. The molecule has 3 aromatic rings. The van der Waals surface area contributed by atoms with Crippen LogP contribution in [0.1, 0.15) is 27.7 Å². The molecule has 8 heteroatoms. The zero-order valence-electron chi connectivity index (χ0n) is 13.6. The fourth-order valence-corrected chi connectivity index (χ4v) is 2.76. The van der Waals surface area contributed by atoms with Crippen LogP contribution in [0.5, 0.6) is 11.5 Å². The number of fused-ring (bicyclic) bond motifs is 1. The van der Waals surface area contributed by atoms with Crippen molar-refractivity contribution >= 4 is 17.5 Å². The second-order valence-electron chi connectivity index (χ2n) is 5.68. The van der Waals surface area contributed by atoms with E-state index < -0.39 is 5.91 Å². The van der Waals surface area contributed by atoms with Crippen LogP contribution >= 0.6 is 11.6 Å². The molecule has 2 aromatic carbocycles. The molecule has 0 spiro atoms. The molecule has 0 fully saturated rings. The first-order valence-corrected chi connectivity index (χ1v) is 8.29. The van der Waals surface area contributed by atoms with Crippen molar-refractivity contribution in [3.63, 3.8) is 0 Å². The standard InChI is InChI=1S/C18H14ClN3O4/c19-13-3-1-2-11(6-13)8-16-21-22-18(26-16)17(23)20-9-12-4-5-14-15(7-12)25-10-24-14/h1-7H,8-10H2,(H,20,23). The molecule has 4 rings (SSSR count). The van der Waals surface area contributed by atoms with E-state index in [0.29, 0.717) is 35.4 Å². The number of benzene rings is 2. The third-order valence-electron chi connectivity index (χ3n) is 3.80. The third-order valence-corrected chi connectivity index (χ3v) is 4.03. The zero-order valence-corrected chi connectivity index (χ0v) is 14.3. The lowest BCUT2D eigenvalue weighted by molar-refractivity contribution is 0.0914. The van der Waals surface area contributed by atoms with Crippen molar-refractivity contribution in [1.82, 2.24) is 15.5 Å². The molecular formula is C18H14ClN3O4. The van der Waals surface area contributed by atoms with Crippen LogP contribution in [-0.4, -0.2) is 22.9 Å². The van der Waals surface area contributed by atoms with Gasteiger partial charge in [-0.2, -0.15) is 0 Å². The second kappa shape index (κ2) is 7.05. The fourth-order valence-electron chi connectivity index (χ4n) is 2.55. The maximum Gasteiger partial charge on any atom is 0.309 e. The number of ether oxygens (including phenoxy) is 2. The van der Waals surface area contributed by atoms with E-state index in [1.165, 1.54) is 0 Å². The van der Waals surface area contributed by atoms with Crippen LogP contribution in [0.25, 0.3) is 0 Å². The van der Waals surface area contributed by atoms with Crippen molar-refractivity contribution < 1.29 is 18.7 Å². The first-order chi connectivity index (χ1) is 12.7. The molecule has 0 saturated heterocycles. The summed E-state index contributed by atoms with van der Waals surface area (Å²) in [5, 5.41) is 11.1. The van der Waals surface area contributed by atoms with Gasteiger partial charge in [0.1, 0.15) is 0 Å². The van der Waals surface area contributed by atoms with Crippen LogP contribution in [0.2, 0.25) is 5.02 Å². The summed E-state index contributed by atoms with van der Waals surface area (Å²) >= 11 is 5.95. The third kappa shape index (κ3) is 3.62. The average molecular weight is 372 g/mol. The van der Waals surface area contributed by atoms with E-state index in [1.54, 1.807) is 12.1 Å². The largest absolute Gasteiger partial charge is 0.454 e. The topological polar surface area (TPSA) is 86.5 Å². The Balaban J connectivity index is 1.37. The van der Waals surface area contributed by atoms with Crippen molar-refractivity contribution in [2.75, 3.05) is 6.79 Å². The van der Waals surface area contributed by atoms with E-state index in [9.17, 15) is 4.79 Å². The van der Waals surface area contributed by atoms with Crippen LogP contribution in [0.15, 0.2) is 46.9 Å². The van der Waals surface area contributed by atoms with Crippen LogP contribution in [0, 0.1) is 0 Å². The molecule has 0 atom stereocenters. The Kier molecular flexibility index (Phi) is 4.45. The van der Waals surface area contributed by atoms with Gasteiger partial charge in [0.15, 0.2) is 11.5 Å². The van der Waals surface area contributed by atoms with Gasteiger partial charge in [-0.15, -0.1) is 10.2 Å². The van der Waals surface area contributed by atoms with Crippen LogP contribution in [0.3, 0.4) is 0 Å². The van der Waals surface area contributed by atoms with E-state index >= 15 is 0 Å². The Morgan fingerprint density at radius 3 is 2.85 bits per heavy atom. The SMILES string of the molecule is O=C(NCc1ccc2c(c1)OCO2)c1nnc(Cc2cccc(Cl)c2)o1. The molecule has 26 heavy (non-hydrogen) atoms. The minimum Gasteiger partial charge on any atom is -0.454 e. The Bertz CT molecular complexity index is 957. The summed E-state index contributed by atoms with van der Waals surface area (Å²) < 4.78 is 16.0. The predicted molar refractivity (Wildman–Crippen MR) is 92.3 cm³/mol. The first-order valence-electron chi connectivity index (χ1n) is 7.91. The van der Waals surface area contributed by atoms with Gasteiger partial charge in [-0.25, -0.2) is 0 Å². The first kappa shape index (κ1) is 16.4. The molecule has 0 radical (unpaired) electrons. The summed E-state index contributed by atoms with van der Waals surface area (Å²) in [6.45, 7) is 0.518. The van der Waals surface area contributed by atoms with Crippen molar-refractivity contribution in [2.24, 2.45) is 0 Å². The zero-order chi connectivity index (χ0) is 17.9. The number of hydrogen-bond acceptors (Lipinski definition) is 6. The van der Waals surface area contributed by atoms with Gasteiger partial charge < -0.3 is 19.2 Å². The quantitative estimate of drug-likeness (QED) is 0.742. The molecule has 1 aromatic heterocycles. The summed E-state index contributed by atoms with van der Waals surface area (Å²) in [7, 11) is 0. The van der Waals surface area contributed by atoms with Gasteiger partial charge in [-0.3, -0.25) is 4.79 Å². The Morgan fingerprint density at radius 2 is 1.96 bits per heavy atom. The number of rotatable bonds is 5. The summed E-state index contributed by atoms with van der Waals surface area (Å²) in [6.07, 6.45) is 0.406. The number of amides is 1. The predicted octanol–water partition coefficient (Wildman–Crippen LogP) is 2.97. The van der Waals surface area contributed by atoms with Crippen molar-refractivity contribution in [2.45, 2.75) is 13.0 Å². The minimum absolute atomic E-state index is 0.0808. The number of carbonyl (C=O) groups excluding carboxylic acids is 1. The minimum atomic E-state index is -0.437. The Labute approximate surface area is 153 Å². The normalized spacial score (nSPS) is 12.2. The molecule has 1 aliphatic rings. The van der Waals surface area contributed by atoms with Gasteiger partial charge in [-0.05, 0) is 35.4 Å². The van der Waals surface area contributed by atoms with E-state index in [1.807, 2.05) is 30.3 Å². The van der Waals surface area contributed by atoms with Crippen molar-refractivity contribution in [3.8, 4) is 11.5 Å². The monoisotopic (exact) mass is 371 g/mol. The molecule has 0 saturated carbocycles. The number of nitrogens with one attached hydrogen (secondary N) is 1. The van der Waals surface area contributed by atoms with E-state index in [4.69, 9.17) is 25.5 Å². The molecule has 2 heterocycles. The summed E-state index contributed by atoms with van der Waals surface area (Å²) in [5.74, 6) is 1.19. The van der Waals surface area contributed by atoms with Crippen molar-refractivity contribution in [1.29, 1.82) is 0 Å². The molecule has 1 amide bonds. The number of nitrogens with zero attached hydrogens (tertiary/aromatic N) is 2. The maximum absolute atomic E-state index is 12.2. The highest BCUT2D eigenvalue weighted by molar-refractivity contribution is 6.30. The fraction of sp³-hybridized carbons (Fsp3) is 0.167. The summed E-state index contributed by atoms with van der Waals surface area (Å²) in [4.78, 5) is 12.2. The molecule has 0 unspecified atom stereocenters. The number of halogens is 1. The lowest BCUT2D eigenvalue weighted by Gasteiger charge is -2.04. The van der Waals surface area contributed by atoms with Gasteiger partial charge in [0.2, 0.25) is 12.7 Å². The Hall–Kier alpha value is -3.06. The van der Waals surface area contributed by atoms with Crippen LogP contribution < -0.4 is 14.8 Å². The summed E-state index contributed by atoms with van der Waals surface area (Å²) in [6, 6.07) is 12.8. The number of carbonyl (C=O) groups is 1. The molecule has 0 aliphatic carbocycles. The van der Waals surface area contributed by atoms with Crippen molar-refractivity contribution in [3.05, 3.63) is 70.4 Å². The number of hydrogen-bond donors (Lipinski definition) is 1. The Morgan fingerprint density at radius 1 is 1.08 bits per heavy atom. The lowest BCUT2D eigenvalue weighted by Crippen LogP contribution is -2.23. The van der Waals surface area contributed by atoms with E-state index in [0.717, 1.165) is 11.1 Å². The molecule has 132 valence electrons. The van der Waals surface area contributed by atoms with Gasteiger partial charge in [0, 0.05) is 11.6 Å². The van der Waals surface area contributed by atoms with Gasteiger partial charge in [-0.1, -0.05) is 29.8 Å². The van der Waals surface area contributed by atoms with E-state index in [2.05, 4.69) is 15.5 Å². The van der Waals surface area contributed by atoms with E-state index in [-0.39, 0.29) is 12.7 Å². The van der Waals surface area contributed by atoms with Crippen LogP contribution in [-0.2, 0) is 13.0 Å².